The van der Waals surface area contributed by atoms with Crippen LogP contribution in [0.15, 0.2) is 30.3 Å². The molecule has 3 heterocycles. The fourth-order valence-electron chi connectivity index (χ4n) is 2.71. The van der Waals surface area contributed by atoms with Crippen LogP contribution in [0.25, 0.3) is 20.8 Å². The van der Waals surface area contributed by atoms with Crippen LogP contribution in [0.5, 0.6) is 0 Å². The Hall–Kier alpha value is -2.18. The second kappa shape index (κ2) is 7.60. The molecule has 0 radical (unpaired) electrons. The van der Waals surface area contributed by atoms with Crippen molar-refractivity contribution in [3.05, 3.63) is 36.0 Å². The molecule has 0 unspecified atom stereocenters. The highest BCUT2D eigenvalue weighted by Gasteiger charge is 2.15. The molecular formula is C20H26N4OS. The van der Waals surface area contributed by atoms with Crippen molar-refractivity contribution in [1.29, 1.82) is 0 Å². The normalized spacial score (nSPS) is 11.7. The van der Waals surface area contributed by atoms with Gasteiger partial charge in [-0.05, 0) is 52.3 Å². The highest BCUT2D eigenvalue weighted by atomic mass is 32.1. The van der Waals surface area contributed by atoms with Gasteiger partial charge in [0.2, 0.25) is 0 Å². The van der Waals surface area contributed by atoms with Crippen LogP contribution in [0.1, 0.15) is 32.9 Å². The fraction of sp³-hybridized carbons (Fsp3) is 0.400. The number of anilines is 2. The average Bonchev–Trinajstić information content (AvgIpc) is 2.97. The van der Waals surface area contributed by atoms with E-state index in [9.17, 15) is 0 Å². The van der Waals surface area contributed by atoms with E-state index in [1.54, 1.807) is 11.3 Å². The summed E-state index contributed by atoms with van der Waals surface area (Å²) in [5.74, 6) is 0.845. The number of hydrogen-bond donors (Lipinski definition) is 3. The lowest BCUT2D eigenvalue weighted by Crippen LogP contribution is -2.26. The molecule has 0 saturated heterocycles. The van der Waals surface area contributed by atoms with E-state index in [4.69, 9.17) is 10.1 Å². The Morgan fingerprint density at radius 3 is 2.65 bits per heavy atom. The van der Waals surface area contributed by atoms with Gasteiger partial charge in [-0.2, -0.15) is 0 Å². The third-order valence-electron chi connectivity index (χ3n) is 3.77. The first-order chi connectivity index (χ1) is 12.4. The number of thiophene rings is 1. The predicted octanol–water partition coefficient (Wildman–Crippen LogP) is 4.67. The van der Waals surface area contributed by atoms with E-state index in [0.717, 1.165) is 44.5 Å². The third-order valence-corrected chi connectivity index (χ3v) is 4.95. The van der Waals surface area contributed by atoms with E-state index in [2.05, 4.69) is 48.5 Å². The van der Waals surface area contributed by atoms with Gasteiger partial charge in [0.1, 0.15) is 5.82 Å². The summed E-state index contributed by atoms with van der Waals surface area (Å²) in [4.78, 5) is 10.5. The van der Waals surface area contributed by atoms with Gasteiger partial charge in [-0.1, -0.05) is 6.07 Å². The Labute approximate surface area is 158 Å². The molecule has 0 aliphatic carbocycles. The molecule has 0 saturated carbocycles. The van der Waals surface area contributed by atoms with Gasteiger partial charge in [0.25, 0.3) is 0 Å². The topological polar surface area (TPSA) is 70.1 Å². The Kier molecular flexibility index (Phi) is 5.44. The lowest BCUT2D eigenvalue weighted by molar-refractivity contribution is 0.292. The van der Waals surface area contributed by atoms with Crippen molar-refractivity contribution < 1.29 is 5.11 Å². The van der Waals surface area contributed by atoms with E-state index in [1.165, 1.54) is 0 Å². The minimum absolute atomic E-state index is 0.0695. The molecule has 3 aromatic heterocycles. The molecule has 0 spiro atoms. The van der Waals surface area contributed by atoms with Crippen molar-refractivity contribution in [3.8, 4) is 10.6 Å². The highest BCUT2D eigenvalue weighted by Crippen LogP contribution is 2.37. The largest absolute Gasteiger partial charge is 0.396 e. The monoisotopic (exact) mass is 370 g/mol. The zero-order valence-electron chi connectivity index (χ0n) is 15.8. The lowest BCUT2D eigenvalue weighted by atomic mass is 10.1. The number of aromatic nitrogens is 2. The van der Waals surface area contributed by atoms with Crippen LogP contribution in [0.3, 0.4) is 0 Å². The summed E-state index contributed by atoms with van der Waals surface area (Å²) in [6.07, 6.45) is 0.712. The predicted molar refractivity (Wildman–Crippen MR) is 111 cm³/mol. The van der Waals surface area contributed by atoms with E-state index >= 15 is 0 Å². The van der Waals surface area contributed by atoms with E-state index in [1.807, 2.05) is 25.1 Å². The number of nitrogens with one attached hydrogen (secondary N) is 2. The standard InChI is InChI=1S/C20H26N4OS/c1-13-7-5-8-14(22-13)17-11-16-19(26-17)15(21-9-6-10-25)12-18(23-16)24-20(2,3)4/h5,7-8,11-12,25H,6,9-10H2,1-4H3,(H2,21,23,24). The fourth-order valence-corrected chi connectivity index (χ4v) is 3.77. The van der Waals surface area contributed by atoms with Gasteiger partial charge < -0.3 is 15.7 Å². The van der Waals surface area contributed by atoms with Crippen LogP contribution in [-0.4, -0.2) is 33.8 Å². The first-order valence-electron chi connectivity index (χ1n) is 8.87. The maximum atomic E-state index is 9.07. The minimum Gasteiger partial charge on any atom is -0.396 e. The van der Waals surface area contributed by atoms with Crippen LogP contribution in [0.2, 0.25) is 0 Å². The molecule has 0 amide bonds. The molecule has 0 bridgehead atoms. The van der Waals surface area contributed by atoms with Crippen molar-refractivity contribution in [2.75, 3.05) is 23.8 Å². The van der Waals surface area contributed by atoms with Crippen molar-refractivity contribution in [2.45, 2.75) is 39.7 Å². The highest BCUT2D eigenvalue weighted by molar-refractivity contribution is 7.22. The number of aliphatic hydroxyl groups is 1. The van der Waals surface area contributed by atoms with Gasteiger partial charge in [0, 0.05) is 30.5 Å². The number of nitrogens with zero attached hydrogens (tertiary/aromatic N) is 2. The van der Waals surface area contributed by atoms with Crippen molar-refractivity contribution in [1.82, 2.24) is 9.97 Å². The Bertz CT molecular complexity index is 898. The number of rotatable bonds is 6. The molecule has 5 nitrogen and oxygen atoms in total. The first-order valence-corrected chi connectivity index (χ1v) is 9.69. The number of fused-ring (bicyclic) bond motifs is 1. The Balaban J connectivity index is 2.05. The van der Waals surface area contributed by atoms with Gasteiger partial charge >= 0.3 is 0 Å². The van der Waals surface area contributed by atoms with Gasteiger partial charge in [0.05, 0.1) is 26.5 Å². The number of aryl methyl sites for hydroxylation is 1. The smallest absolute Gasteiger partial charge is 0.129 e. The van der Waals surface area contributed by atoms with Gasteiger partial charge in [0.15, 0.2) is 0 Å². The molecule has 26 heavy (non-hydrogen) atoms. The van der Waals surface area contributed by atoms with Crippen LogP contribution in [0.4, 0.5) is 11.5 Å². The SMILES string of the molecule is Cc1cccc(-c2cc3nc(NC(C)(C)C)cc(NCCCO)c3s2)n1. The number of pyridine rings is 2. The third kappa shape index (κ3) is 4.51. The molecule has 3 rings (SSSR count). The van der Waals surface area contributed by atoms with Crippen molar-refractivity contribution in [2.24, 2.45) is 0 Å². The van der Waals surface area contributed by atoms with Crippen molar-refractivity contribution >= 4 is 33.1 Å². The summed E-state index contributed by atoms with van der Waals surface area (Å²) in [6, 6.07) is 10.2. The molecule has 3 N–H and O–H groups in total. The maximum absolute atomic E-state index is 9.07. The summed E-state index contributed by atoms with van der Waals surface area (Å²) in [5, 5.41) is 16.0. The summed E-state index contributed by atoms with van der Waals surface area (Å²) in [7, 11) is 0. The van der Waals surface area contributed by atoms with Crippen molar-refractivity contribution in [3.63, 3.8) is 0 Å². The molecule has 3 aromatic rings. The first kappa shape index (κ1) is 18.6. The number of hydrogen-bond acceptors (Lipinski definition) is 6. The summed E-state index contributed by atoms with van der Waals surface area (Å²) >= 11 is 1.69. The Morgan fingerprint density at radius 2 is 1.96 bits per heavy atom. The van der Waals surface area contributed by atoms with Crippen LogP contribution < -0.4 is 10.6 Å². The molecule has 0 aliphatic rings. The van der Waals surface area contributed by atoms with E-state index < -0.39 is 0 Å². The molecule has 0 aromatic carbocycles. The molecule has 0 fully saturated rings. The summed E-state index contributed by atoms with van der Waals surface area (Å²) < 4.78 is 1.11. The quantitative estimate of drug-likeness (QED) is 0.550. The number of aliphatic hydroxyl groups excluding tert-OH is 1. The molecule has 0 atom stereocenters. The molecule has 6 heteroatoms. The zero-order valence-corrected chi connectivity index (χ0v) is 16.6. The summed E-state index contributed by atoms with van der Waals surface area (Å²) in [6.45, 7) is 9.26. The molecule has 138 valence electrons. The maximum Gasteiger partial charge on any atom is 0.129 e. The zero-order chi connectivity index (χ0) is 18.7. The minimum atomic E-state index is -0.0695. The Morgan fingerprint density at radius 1 is 1.15 bits per heavy atom. The lowest BCUT2D eigenvalue weighted by Gasteiger charge is -2.22. The second-order valence-corrected chi connectivity index (χ2v) is 8.48. The van der Waals surface area contributed by atoms with E-state index in [-0.39, 0.29) is 12.1 Å². The molecular weight excluding hydrogens is 344 g/mol. The van der Waals surface area contributed by atoms with Crippen LogP contribution in [-0.2, 0) is 0 Å². The second-order valence-electron chi connectivity index (χ2n) is 7.42. The van der Waals surface area contributed by atoms with Gasteiger partial charge in [-0.3, -0.25) is 4.98 Å². The molecule has 0 aliphatic heterocycles. The van der Waals surface area contributed by atoms with Gasteiger partial charge in [-0.15, -0.1) is 11.3 Å². The van der Waals surface area contributed by atoms with Crippen LogP contribution >= 0.6 is 11.3 Å². The van der Waals surface area contributed by atoms with Crippen LogP contribution in [0, 0.1) is 6.92 Å². The van der Waals surface area contributed by atoms with E-state index in [0.29, 0.717) is 6.42 Å². The van der Waals surface area contributed by atoms with Gasteiger partial charge in [-0.25, -0.2) is 4.98 Å². The summed E-state index contributed by atoms with van der Waals surface area (Å²) in [5.41, 5.74) is 3.90. The average molecular weight is 371 g/mol.